The molecule has 0 bridgehead atoms. The minimum absolute atomic E-state index is 0.113. The van der Waals surface area contributed by atoms with E-state index in [9.17, 15) is 18.4 Å². The van der Waals surface area contributed by atoms with Crippen LogP contribution < -0.4 is 5.32 Å². The van der Waals surface area contributed by atoms with Gasteiger partial charge in [-0.1, -0.05) is 17.7 Å². The maximum absolute atomic E-state index is 13.6. The van der Waals surface area contributed by atoms with Crippen LogP contribution in [0.15, 0.2) is 42.5 Å². The number of carbonyl (C=O) groups is 2. The number of halogens is 3. The molecule has 1 amide bonds. The molecule has 0 aliphatic heterocycles. The van der Waals surface area contributed by atoms with Crippen molar-refractivity contribution < 1.29 is 23.1 Å². The highest BCUT2D eigenvalue weighted by Gasteiger charge is 2.16. The van der Waals surface area contributed by atoms with Crippen LogP contribution in [0.1, 0.15) is 9.67 Å². The molecule has 0 fully saturated rings. The van der Waals surface area contributed by atoms with Crippen molar-refractivity contribution in [3.63, 3.8) is 0 Å². The minimum atomic E-state index is -0.762. The van der Waals surface area contributed by atoms with E-state index in [1.165, 1.54) is 30.3 Å². The summed E-state index contributed by atoms with van der Waals surface area (Å²) < 4.78 is 32.6. The van der Waals surface area contributed by atoms with E-state index in [-0.39, 0.29) is 15.6 Å². The van der Waals surface area contributed by atoms with E-state index in [0.29, 0.717) is 10.1 Å². The van der Waals surface area contributed by atoms with Gasteiger partial charge < -0.3 is 10.1 Å². The van der Waals surface area contributed by atoms with Crippen molar-refractivity contribution in [1.82, 2.24) is 0 Å². The number of fused-ring (bicyclic) bond motifs is 1. The molecule has 1 heterocycles. The number of ether oxygens (including phenoxy) is 1. The Kier molecular flexibility index (Phi) is 4.96. The fourth-order valence-electron chi connectivity index (χ4n) is 2.11. The number of nitrogens with one attached hydrogen (secondary N) is 1. The molecule has 8 heteroatoms. The van der Waals surface area contributed by atoms with E-state index >= 15 is 0 Å². The lowest BCUT2D eigenvalue weighted by atomic mass is 10.2. The molecule has 0 aliphatic carbocycles. The zero-order valence-electron chi connectivity index (χ0n) is 12.5. The number of hydrogen-bond acceptors (Lipinski definition) is 4. The Balaban J connectivity index is 1.64. The van der Waals surface area contributed by atoms with Crippen molar-refractivity contribution in [3.05, 3.63) is 64.0 Å². The molecule has 1 N–H and O–H groups in total. The Hall–Kier alpha value is -2.51. The summed E-state index contributed by atoms with van der Waals surface area (Å²) in [5.74, 6) is -2.59. The third kappa shape index (κ3) is 3.94. The lowest BCUT2D eigenvalue weighted by Crippen LogP contribution is -2.21. The van der Waals surface area contributed by atoms with Crippen LogP contribution in [-0.2, 0) is 9.53 Å². The molecular formula is C17H10ClF2NO3S. The third-order valence-corrected chi connectivity index (χ3v) is 4.56. The normalized spacial score (nSPS) is 10.7. The summed E-state index contributed by atoms with van der Waals surface area (Å²) in [4.78, 5) is 23.9. The molecule has 25 heavy (non-hydrogen) atoms. The Morgan fingerprint density at radius 3 is 2.68 bits per heavy atom. The molecule has 0 atom stereocenters. The van der Waals surface area contributed by atoms with E-state index in [2.05, 4.69) is 5.32 Å². The van der Waals surface area contributed by atoms with Gasteiger partial charge in [0.25, 0.3) is 5.91 Å². The molecule has 0 spiro atoms. The first-order chi connectivity index (χ1) is 11.9. The van der Waals surface area contributed by atoms with Gasteiger partial charge in [0.2, 0.25) is 0 Å². The highest BCUT2D eigenvalue weighted by atomic mass is 35.5. The van der Waals surface area contributed by atoms with Crippen LogP contribution in [-0.4, -0.2) is 18.5 Å². The summed E-state index contributed by atoms with van der Waals surface area (Å²) >= 11 is 6.78. The van der Waals surface area contributed by atoms with Gasteiger partial charge in [-0.25, -0.2) is 13.6 Å². The standard InChI is InChI=1S/C17H10ClF2NO3S/c18-9-4-5-12(20)13(6-9)21-16(22)8-24-17(23)15-7-10-11(19)2-1-3-14(10)25-15/h1-7H,8H2,(H,21,22). The van der Waals surface area contributed by atoms with Gasteiger partial charge in [-0.15, -0.1) is 11.3 Å². The number of benzene rings is 2. The lowest BCUT2D eigenvalue weighted by Gasteiger charge is -2.07. The number of thiophene rings is 1. The first-order valence-electron chi connectivity index (χ1n) is 7.04. The average molecular weight is 382 g/mol. The topological polar surface area (TPSA) is 55.4 Å². The van der Waals surface area contributed by atoms with Gasteiger partial charge >= 0.3 is 5.97 Å². The molecule has 128 valence electrons. The van der Waals surface area contributed by atoms with Gasteiger partial charge in [0, 0.05) is 15.1 Å². The second kappa shape index (κ2) is 7.16. The summed E-state index contributed by atoms with van der Waals surface area (Å²) in [6, 6.07) is 9.56. The van der Waals surface area contributed by atoms with E-state index < -0.39 is 30.1 Å². The molecule has 0 saturated heterocycles. The number of rotatable bonds is 4. The van der Waals surface area contributed by atoms with Gasteiger partial charge in [0.15, 0.2) is 6.61 Å². The maximum atomic E-state index is 13.6. The summed E-state index contributed by atoms with van der Waals surface area (Å²) in [7, 11) is 0. The molecule has 2 aromatic carbocycles. The Labute approximate surface area is 150 Å². The zero-order valence-corrected chi connectivity index (χ0v) is 14.1. The molecule has 0 unspecified atom stereocenters. The number of carbonyl (C=O) groups excluding carboxylic acids is 2. The SMILES string of the molecule is O=C(COC(=O)c1cc2c(F)cccc2s1)Nc1cc(Cl)ccc1F. The summed E-state index contributed by atoms with van der Waals surface area (Å²) in [5.41, 5.74) is -0.113. The first-order valence-corrected chi connectivity index (χ1v) is 8.23. The van der Waals surface area contributed by atoms with Crippen molar-refractivity contribution in [3.8, 4) is 0 Å². The van der Waals surface area contributed by atoms with Crippen LogP contribution in [0.2, 0.25) is 5.02 Å². The Morgan fingerprint density at radius 1 is 1.12 bits per heavy atom. The summed E-state index contributed by atoms with van der Waals surface area (Å²) in [6.45, 7) is -0.610. The van der Waals surface area contributed by atoms with Gasteiger partial charge in [-0.3, -0.25) is 4.79 Å². The summed E-state index contributed by atoms with van der Waals surface area (Å²) in [5, 5.41) is 2.82. The molecule has 0 aliphatic rings. The monoisotopic (exact) mass is 381 g/mol. The van der Waals surface area contributed by atoms with Gasteiger partial charge in [0.1, 0.15) is 16.5 Å². The van der Waals surface area contributed by atoms with Crippen LogP contribution in [0, 0.1) is 11.6 Å². The van der Waals surface area contributed by atoms with E-state index in [1.54, 1.807) is 6.07 Å². The smallest absolute Gasteiger partial charge is 0.348 e. The quantitative estimate of drug-likeness (QED) is 0.670. The number of hydrogen-bond donors (Lipinski definition) is 1. The largest absolute Gasteiger partial charge is 0.451 e. The fraction of sp³-hybridized carbons (Fsp3) is 0.0588. The predicted octanol–water partition coefficient (Wildman–Crippen LogP) is 4.63. The minimum Gasteiger partial charge on any atom is -0.451 e. The molecule has 0 radical (unpaired) electrons. The maximum Gasteiger partial charge on any atom is 0.348 e. The van der Waals surface area contributed by atoms with Crippen molar-refractivity contribution in [1.29, 1.82) is 0 Å². The Bertz CT molecular complexity index is 974. The second-order valence-corrected chi connectivity index (χ2v) is 6.53. The van der Waals surface area contributed by atoms with Gasteiger partial charge in [-0.05, 0) is 36.4 Å². The first kappa shape index (κ1) is 17.3. The number of esters is 1. The third-order valence-electron chi connectivity index (χ3n) is 3.25. The van der Waals surface area contributed by atoms with Crippen LogP contribution >= 0.6 is 22.9 Å². The van der Waals surface area contributed by atoms with E-state index in [1.807, 2.05) is 0 Å². The highest BCUT2D eigenvalue weighted by molar-refractivity contribution is 7.20. The number of amides is 1. The fourth-order valence-corrected chi connectivity index (χ4v) is 3.25. The van der Waals surface area contributed by atoms with Crippen molar-refractivity contribution in [2.45, 2.75) is 0 Å². The average Bonchev–Trinajstić information content (AvgIpc) is 3.02. The highest BCUT2D eigenvalue weighted by Crippen LogP contribution is 2.28. The molecule has 0 saturated carbocycles. The predicted molar refractivity (Wildman–Crippen MR) is 92.1 cm³/mol. The van der Waals surface area contributed by atoms with Crippen molar-refractivity contribution in [2.24, 2.45) is 0 Å². The van der Waals surface area contributed by atoms with Gasteiger partial charge in [0.05, 0.1) is 5.69 Å². The van der Waals surface area contributed by atoms with Crippen LogP contribution in [0.3, 0.4) is 0 Å². The zero-order chi connectivity index (χ0) is 18.0. The summed E-state index contributed by atoms with van der Waals surface area (Å²) in [6.07, 6.45) is 0. The molecule has 4 nitrogen and oxygen atoms in total. The lowest BCUT2D eigenvalue weighted by molar-refractivity contribution is -0.119. The van der Waals surface area contributed by atoms with Crippen molar-refractivity contribution >= 4 is 50.6 Å². The molecule has 3 rings (SSSR count). The van der Waals surface area contributed by atoms with Gasteiger partial charge in [-0.2, -0.15) is 0 Å². The van der Waals surface area contributed by atoms with E-state index in [4.69, 9.17) is 16.3 Å². The Morgan fingerprint density at radius 2 is 1.92 bits per heavy atom. The molecule has 3 aromatic rings. The van der Waals surface area contributed by atoms with Crippen LogP contribution in [0.4, 0.5) is 14.5 Å². The second-order valence-electron chi connectivity index (χ2n) is 5.01. The number of anilines is 1. The van der Waals surface area contributed by atoms with Crippen LogP contribution in [0.5, 0.6) is 0 Å². The molecule has 1 aromatic heterocycles. The van der Waals surface area contributed by atoms with Crippen LogP contribution in [0.25, 0.3) is 10.1 Å². The van der Waals surface area contributed by atoms with Crippen molar-refractivity contribution in [2.75, 3.05) is 11.9 Å². The molecular weight excluding hydrogens is 372 g/mol. The van der Waals surface area contributed by atoms with E-state index in [0.717, 1.165) is 17.4 Å².